The zero-order valence-electron chi connectivity index (χ0n) is 12.6. The molecule has 1 aliphatic heterocycles. The van der Waals surface area contributed by atoms with E-state index in [1.807, 2.05) is 6.92 Å². The molecule has 5 nitrogen and oxygen atoms in total. The van der Waals surface area contributed by atoms with Crippen molar-refractivity contribution in [1.82, 2.24) is 20.2 Å². The van der Waals surface area contributed by atoms with Gasteiger partial charge in [-0.2, -0.15) is 13.2 Å². The summed E-state index contributed by atoms with van der Waals surface area (Å²) >= 11 is 0. The van der Waals surface area contributed by atoms with Crippen molar-refractivity contribution >= 4 is 0 Å². The second kappa shape index (κ2) is 6.27. The van der Waals surface area contributed by atoms with Gasteiger partial charge in [-0.25, -0.2) is 4.68 Å². The van der Waals surface area contributed by atoms with E-state index in [1.54, 1.807) is 4.68 Å². The van der Waals surface area contributed by atoms with Crippen LogP contribution in [0.1, 0.15) is 35.9 Å². The van der Waals surface area contributed by atoms with Crippen molar-refractivity contribution in [3.8, 4) is 0 Å². The standard InChI is InChI=1S/C15H17F3N4O/c1-10-19-20-21-22(10)9-12-3-2-8-23-14(12)11-4-6-13(7-5-11)15(16,17)18/h4-7,12,14H,2-3,8-9H2,1H3/t12-,14-/m0/s1. The highest BCUT2D eigenvalue weighted by Gasteiger charge is 2.32. The lowest BCUT2D eigenvalue weighted by Crippen LogP contribution is -2.27. The van der Waals surface area contributed by atoms with E-state index in [-0.39, 0.29) is 12.0 Å². The third-order valence-corrected chi connectivity index (χ3v) is 4.13. The van der Waals surface area contributed by atoms with E-state index in [4.69, 9.17) is 4.74 Å². The minimum atomic E-state index is -4.32. The van der Waals surface area contributed by atoms with Crippen LogP contribution in [0.5, 0.6) is 0 Å². The van der Waals surface area contributed by atoms with Crippen molar-refractivity contribution in [1.29, 1.82) is 0 Å². The number of hydrogen-bond acceptors (Lipinski definition) is 4. The van der Waals surface area contributed by atoms with E-state index in [0.717, 1.165) is 30.5 Å². The summed E-state index contributed by atoms with van der Waals surface area (Å²) in [5.74, 6) is 0.837. The van der Waals surface area contributed by atoms with Crippen LogP contribution in [0.25, 0.3) is 0 Å². The Balaban J connectivity index is 1.79. The van der Waals surface area contributed by atoms with Gasteiger partial charge in [-0.3, -0.25) is 0 Å². The fourth-order valence-electron chi connectivity index (χ4n) is 2.90. The SMILES string of the molecule is Cc1nnnn1C[C@@H]1CCCO[C@H]1c1ccc(C(F)(F)F)cc1. The first-order valence-electron chi connectivity index (χ1n) is 7.46. The van der Waals surface area contributed by atoms with Gasteiger partial charge < -0.3 is 4.74 Å². The van der Waals surface area contributed by atoms with Gasteiger partial charge in [-0.1, -0.05) is 12.1 Å². The van der Waals surface area contributed by atoms with Crippen LogP contribution in [-0.4, -0.2) is 26.8 Å². The molecule has 1 aromatic heterocycles. The second-order valence-electron chi connectivity index (χ2n) is 5.72. The van der Waals surface area contributed by atoms with Gasteiger partial charge in [0.1, 0.15) is 5.82 Å². The third-order valence-electron chi connectivity index (χ3n) is 4.13. The maximum Gasteiger partial charge on any atom is 0.416 e. The molecule has 0 aliphatic carbocycles. The zero-order chi connectivity index (χ0) is 16.4. The first-order chi connectivity index (χ1) is 10.9. The van der Waals surface area contributed by atoms with E-state index in [1.165, 1.54) is 12.1 Å². The number of rotatable bonds is 3. The van der Waals surface area contributed by atoms with Gasteiger partial charge in [0.15, 0.2) is 0 Å². The second-order valence-corrected chi connectivity index (χ2v) is 5.72. The van der Waals surface area contributed by atoms with Crippen molar-refractivity contribution in [2.75, 3.05) is 6.61 Å². The van der Waals surface area contributed by atoms with Crippen LogP contribution in [-0.2, 0) is 17.5 Å². The Bertz CT molecular complexity index is 653. The van der Waals surface area contributed by atoms with Crippen molar-refractivity contribution in [3.05, 3.63) is 41.2 Å². The summed E-state index contributed by atoms with van der Waals surface area (Å²) in [7, 11) is 0. The Labute approximate surface area is 131 Å². The Morgan fingerprint density at radius 3 is 2.61 bits per heavy atom. The molecule has 2 aromatic rings. The maximum absolute atomic E-state index is 12.7. The molecule has 23 heavy (non-hydrogen) atoms. The molecule has 2 atom stereocenters. The quantitative estimate of drug-likeness (QED) is 0.869. The number of aryl methyl sites for hydroxylation is 1. The molecule has 8 heteroatoms. The third kappa shape index (κ3) is 3.52. The number of hydrogen-bond donors (Lipinski definition) is 0. The van der Waals surface area contributed by atoms with E-state index in [0.29, 0.717) is 19.0 Å². The molecule has 0 N–H and O–H groups in total. The number of alkyl halides is 3. The number of halogens is 3. The summed E-state index contributed by atoms with van der Waals surface area (Å²) in [5, 5.41) is 11.4. The van der Waals surface area contributed by atoms with E-state index < -0.39 is 11.7 Å². The molecule has 0 amide bonds. The number of tetrazole rings is 1. The number of benzene rings is 1. The molecule has 1 aromatic carbocycles. The zero-order valence-corrected chi connectivity index (χ0v) is 12.6. The molecule has 1 saturated heterocycles. The Morgan fingerprint density at radius 2 is 2.00 bits per heavy atom. The Kier molecular flexibility index (Phi) is 4.34. The largest absolute Gasteiger partial charge is 0.416 e. The fraction of sp³-hybridized carbons (Fsp3) is 0.533. The number of aromatic nitrogens is 4. The summed E-state index contributed by atoms with van der Waals surface area (Å²) in [5.41, 5.74) is 0.110. The lowest BCUT2D eigenvalue weighted by atomic mass is 9.89. The summed E-state index contributed by atoms with van der Waals surface area (Å²) < 4.78 is 45.6. The molecular formula is C15H17F3N4O. The number of nitrogens with zero attached hydrogens (tertiary/aromatic N) is 4. The lowest BCUT2D eigenvalue weighted by molar-refractivity contribution is -0.137. The predicted octanol–water partition coefficient (Wildman–Crippen LogP) is 3.17. The Morgan fingerprint density at radius 1 is 1.26 bits per heavy atom. The van der Waals surface area contributed by atoms with Gasteiger partial charge in [0.25, 0.3) is 0 Å². The molecule has 0 saturated carbocycles. The Hall–Kier alpha value is -1.96. The molecule has 1 aliphatic rings. The minimum Gasteiger partial charge on any atom is -0.373 e. The first-order valence-corrected chi connectivity index (χ1v) is 7.46. The molecule has 0 radical (unpaired) electrons. The highest BCUT2D eigenvalue weighted by molar-refractivity contribution is 5.26. The molecule has 1 fully saturated rings. The summed E-state index contributed by atoms with van der Waals surface area (Å²) in [6, 6.07) is 5.20. The van der Waals surface area contributed by atoms with E-state index >= 15 is 0 Å². The normalized spacial score (nSPS) is 22.3. The van der Waals surface area contributed by atoms with Crippen molar-refractivity contribution < 1.29 is 17.9 Å². The average molecular weight is 326 g/mol. The van der Waals surface area contributed by atoms with Gasteiger partial charge in [0.2, 0.25) is 0 Å². The maximum atomic E-state index is 12.7. The number of ether oxygens (including phenoxy) is 1. The van der Waals surface area contributed by atoms with Crippen molar-refractivity contribution in [2.24, 2.45) is 5.92 Å². The molecule has 0 unspecified atom stereocenters. The molecule has 0 spiro atoms. The lowest BCUT2D eigenvalue weighted by Gasteiger charge is -2.32. The van der Waals surface area contributed by atoms with Gasteiger partial charge in [0, 0.05) is 12.5 Å². The van der Waals surface area contributed by atoms with E-state index in [9.17, 15) is 13.2 Å². The monoisotopic (exact) mass is 326 g/mol. The molecular weight excluding hydrogens is 309 g/mol. The highest BCUT2D eigenvalue weighted by Crippen LogP contribution is 2.36. The smallest absolute Gasteiger partial charge is 0.373 e. The molecule has 2 heterocycles. The van der Waals surface area contributed by atoms with Crippen LogP contribution in [0.4, 0.5) is 13.2 Å². The van der Waals surface area contributed by atoms with Gasteiger partial charge in [-0.05, 0) is 47.9 Å². The van der Waals surface area contributed by atoms with Crippen molar-refractivity contribution in [3.63, 3.8) is 0 Å². The van der Waals surface area contributed by atoms with Crippen LogP contribution in [0.3, 0.4) is 0 Å². The van der Waals surface area contributed by atoms with Crippen molar-refractivity contribution in [2.45, 2.75) is 38.6 Å². The van der Waals surface area contributed by atoms with Crippen LogP contribution < -0.4 is 0 Å². The van der Waals surface area contributed by atoms with Crippen LogP contribution in [0.2, 0.25) is 0 Å². The molecule has 124 valence electrons. The first kappa shape index (κ1) is 15.9. The van der Waals surface area contributed by atoms with Gasteiger partial charge >= 0.3 is 6.18 Å². The summed E-state index contributed by atoms with van der Waals surface area (Å²) in [4.78, 5) is 0. The predicted molar refractivity (Wildman–Crippen MR) is 75.4 cm³/mol. The van der Waals surface area contributed by atoms with Crippen LogP contribution in [0, 0.1) is 12.8 Å². The van der Waals surface area contributed by atoms with E-state index in [2.05, 4.69) is 15.5 Å². The topological polar surface area (TPSA) is 52.8 Å². The summed E-state index contributed by atoms with van der Waals surface area (Å²) in [6.45, 7) is 3.01. The van der Waals surface area contributed by atoms with Gasteiger partial charge in [0.05, 0.1) is 18.2 Å². The molecule has 3 rings (SSSR count). The fourth-order valence-corrected chi connectivity index (χ4v) is 2.90. The van der Waals surface area contributed by atoms with Gasteiger partial charge in [-0.15, -0.1) is 5.10 Å². The van der Waals surface area contributed by atoms with Crippen LogP contribution >= 0.6 is 0 Å². The summed E-state index contributed by atoms with van der Waals surface area (Å²) in [6.07, 6.45) is -2.72. The highest BCUT2D eigenvalue weighted by atomic mass is 19.4. The van der Waals surface area contributed by atoms with Crippen LogP contribution in [0.15, 0.2) is 24.3 Å². The average Bonchev–Trinajstić information content (AvgIpc) is 2.92. The minimum absolute atomic E-state index is 0.127. The molecule has 0 bridgehead atoms.